The smallest absolute Gasteiger partial charge is 0.327 e. The maximum atomic E-state index is 12.7. The van der Waals surface area contributed by atoms with Crippen molar-refractivity contribution in [2.75, 3.05) is 0 Å². The molecule has 3 N–H and O–H groups in total. The van der Waals surface area contributed by atoms with E-state index in [-0.39, 0.29) is 5.56 Å². The normalized spacial score (nSPS) is 11.5. The van der Waals surface area contributed by atoms with Crippen molar-refractivity contribution in [2.24, 2.45) is 0 Å². The van der Waals surface area contributed by atoms with Crippen molar-refractivity contribution < 1.29 is 0 Å². The lowest BCUT2D eigenvalue weighted by Crippen LogP contribution is -2.21. The van der Waals surface area contributed by atoms with Crippen molar-refractivity contribution in [1.29, 1.82) is 0 Å². The molecule has 138 valence electrons. The van der Waals surface area contributed by atoms with Crippen LogP contribution in [0.2, 0.25) is 0 Å². The summed E-state index contributed by atoms with van der Waals surface area (Å²) in [7, 11) is 0. The van der Waals surface area contributed by atoms with Crippen LogP contribution in [0.1, 0.15) is 9.75 Å². The van der Waals surface area contributed by atoms with E-state index in [0.717, 1.165) is 38.0 Å². The molecule has 0 unspecified atom stereocenters. The molecule has 0 saturated heterocycles. The van der Waals surface area contributed by atoms with Crippen molar-refractivity contribution >= 4 is 33.1 Å². The fraction of sp³-hybridized carbons (Fsp3) is 0.0909. The Balaban J connectivity index is 1.91. The van der Waals surface area contributed by atoms with Gasteiger partial charge in [0.1, 0.15) is 5.65 Å². The van der Waals surface area contributed by atoms with Gasteiger partial charge in [0.25, 0.3) is 5.56 Å². The highest BCUT2D eigenvalue weighted by Crippen LogP contribution is 2.40. The third-order valence-electron chi connectivity index (χ3n) is 5.04. The number of aromatic amines is 3. The molecule has 0 amide bonds. The van der Waals surface area contributed by atoms with E-state index in [1.54, 1.807) is 11.3 Å². The van der Waals surface area contributed by atoms with Gasteiger partial charge in [-0.05, 0) is 47.9 Å². The predicted molar refractivity (Wildman–Crippen MR) is 115 cm³/mol. The lowest BCUT2D eigenvalue weighted by Gasteiger charge is -2.06. The van der Waals surface area contributed by atoms with E-state index >= 15 is 0 Å². The first-order valence-electron chi connectivity index (χ1n) is 8.96. The summed E-state index contributed by atoms with van der Waals surface area (Å²) in [6.45, 7) is 4.10. The van der Waals surface area contributed by atoms with E-state index in [1.165, 1.54) is 4.88 Å². The van der Waals surface area contributed by atoms with Crippen LogP contribution in [0.25, 0.3) is 44.2 Å². The van der Waals surface area contributed by atoms with Gasteiger partial charge in [-0.3, -0.25) is 14.8 Å². The monoisotopic (exact) mass is 387 g/mol. The van der Waals surface area contributed by atoms with E-state index in [2.05, 4.69) is 59.1 Å². The maximum Gasteiger partial charge on any atom is 0.327 e. The average Bonchev–Trinajstić information content (AvgIpc) is 3.20. The third-order valence-corrected chi connectivity index (χ3v) is 6.01. The quantitative estimate of drug-likeness (QED) is 0.410. The van der Waals surface area contributed by atoms with Gasteiger partial charge in [-0.25, -0.2) is 4.79 Å². The molecule has 3 aromatic heterocycles. The molecule has 0 radical (unpaired) electrons. The summed E-state index contributed by atoms with van der Waals surface area (Å²) in [5, 5.41) is 2.74. The zero-order chi connectivity index (χ0) is 19.4. The van der Waals surface area contributed by atoms with Crippen LogP contribution in [0, 0.1) is 13.8 Å². The summed E-state index contributed by atoms with van der Waals surface area (Å²) in [5.41, 5.74) is 3.16. The van der Waals surface area contributed by atoms with Crippen LogP contribution in [0.3, 0.4) is 0 Å². The number of fused-ring (bicyclic) bond motifs is 2. The molecular formula is C22H17N3O2S. The first-order valence-corrected chi connectivity index (χ1v) is 9.78. The summed E-state index contributed by atoms with van der Waals surface area (Å²) in [6.07, 6.45) is 0. The Bertz CT molecular complexity index is 1480. The highest BCUT2D eigenvalue weighted by molar-refractivity contribution is 7.12. The van der Waals surface area contributed by atoms with Crippen LogP contribution in [-0.4, -0.2) is 15.0 Å². The summed E-state index contributed by atoms with van der Waals surface area (Å²) in [5.74, 6) is 0. The first-order chi connectivity index (χ1) is 13.5. The van der Waals surface area contributed by atoms with E-state index < -0.39 is 5.69 Å². The Morgan fingerprint density at radius 1 is 0.857 bits per heavy atom. The molecule has 5 nitrogen and oxygen atoms in total. The molecule has 28 heavy (non-hydrogen) atoms. The number of hydrogen-bond donors (Lipinski definition) is 3. The number of aryl methyl sites for hydroxylation is 2. The Morgan fingerprint density at radius 3 is 2.39 bits per heavy atom. The molecule has 0 bridgehead atoms. The lowest BCUT2D eigenvalue weighted by atomic mass is 9.98. The number of rotatable bonds is 2. The number of hydrogen-bond acceptors (Lipinski definition) is 3. The van der Waals surface area contributed by atoms with E-state index in [1.807, 2.05) is 18.2 Å². The third kappa shape index (κ3) is 2.53. The minimum atomic E-state index is -0.520. The van der Waals surface area contributed by atoms with E-state index in [9.17, 15) is 9.59 Å². The highest BCUT2D eigenvalue weighted by atomic mass is 32.1. The molecule has 0 aliphatic heterocycles. The van der Waals surface area contributed by atoms with E-state index in [0.29, 0.717) is 11.0 Å². The summed E-state index contributed by atoms with van der Waals surface area (Å²) >= 11 is 1.69. The number of thiophene rings is 1. The van der Waals surface area contributed by atoms with Crippen molar-refractivity contribution in [2.45, 2.75) is 13.8 Å². The number of aromatic nitrogens is 3. The van der Waals surface area contributed by atoms with Gasteiger partial charge in [0, 0.05) is 15.3 Å². The molecule has 5 rings (SSSR count). The largest absolute Gasteiger partial charge is 0.340 e. The van der Waals surface area contributed by atoms with Gasteiger partial charge in [0.15, 0.2) is 0 Å². The second kappa shape index (κ2) is 6.07. The van der Waals surface area contributed by atoms with Gasteiger partial charge in [-0.15, -0.1) is 11.3 Å². The Hall–Kier alpha value is -3.38. The summed E-state index contributed by atoms with van der Waals surface area (Å²) in [6, 6.07) is 16.5. The van der Waals surface area contributed by atoms with Gasteiger partial charge in [-0.1, -0.05) is 36.4 Å². The minimum absolute atomic E-state index is 0.389. The predicted octanol–water partition coefficient (Wildman–Crippen LogP) is 4.71. The standard InChI is InChI=1S/C22H17N3O2S/c1-11-9-16(12(2)28-11)17-18-20(24-22(27)25-21(18)26)23-19(17)15-8-7-13-5-3-4-6-14(13)10-15/h3-10H,1-2H3,(H3,23,24,25,26,27). The van der Waals surface area contributed by atoms with Gasteiger partial charge in [-0.2, -0.15) is 0 Å². The van der Waals surface area contributed by atoms with Crippen molar-refractivity contribution in [3.8, 4) is 22.4 Å². The number of benzene rings is 2. The van der Waals surface area contributed by atoms with Crippen LogP contribution in [0.15, 0.2) is 58.1 Å². The second-order valence-electron chi connectivity index (χ2n) is 6.92. The zero-order valence-electron chi connectivity index (χ0n) is 15.3. The van der Waals surface area contributed by atoms with Crippen LogP contribution in [0.5, 0.6) is 0 Å². The molecule has 2 aromatic carbocycles. The van der Waals surface area contributed by atoms with Crippen molar-refractivity contribution in [3.63, 3.8) is 0 Å². The number of H-pyrrole nitrogens is 3. The van der Waals surface area contributed by atoms with Crippen molar-refractivity contribution in [1.82, 2.24) is 15.0 Å². The molecule has 0 saturated carbocycles. The second-order valence-corrected chi connectivity index (χ2v) is 8.38. The van der Waals surface area contributed by atoms with Crippen LogP contribution < -0.4 is 11.2 Å². The minimum Gasteiger partial charge on any atom is -0.340 e. The summed E-state index contributed by atoms with van der Waals surface area (Å²) < 4.78 is 0. The van der Waals surface area contributed by atoms with Gasteiger partial charge >= 0.3 is 5.69 Å². The molecule has 0 atom stereocenters. The van der Waals surface area contributed by atoms with Gasteiger partial charge < -0.3 is 4.98 Å². The molecule has 6 heteroatoms. The molecule has 0 spiro atoms. The Kier molecular flexibility index (Phi) is 3.64. The fourth-order valence-corrected chi connectivity index (χ4v) is 4.77. The molecule has 0 fully saturated rings. The highest BCUT2D eigenvalue weighted by Gasteiger charge is 2.21. The van der Waals surface area contributed by atoms with Gasteiger partial charge in [0.05, 0.1) is 11.1 Å². The SMILES string of the molecule is Cc1cc(-c2c(-c3ccc4ccccc4c3)[nH]c3[nH]c(=O)[nH]c(=O)c23)c(C)s1. The van der Waals surface area contributed by atoms with E-state index in [4.69, 9.17) is 0 Å². The Morgan fingerprint density at radius 2 is 1.64 bits per heavy atom. The van der Waals surface area contributed by atoms with Crippen LogP contribution in [0.4, 0.5) is 0 Å². The molecule has 5 aromatic rings. The zero-order valence-corrected chi connectivity index (χ0v) is 16.2. The first kappa shape index (κ1) is 16.8. The summed E-state index contributed by atoms with van der Waals surface area (Å²) in [4.78, 5) is 35.2. The average molecular weight is 387 g/mol. The number of nitrogens with one attached hydrogen (secondary N) is 3. The topological polar surface area (TPSA) is 81.5 Å². The van der Waals surface area contributed by atoms with Crippen molar-refractivity contribution in [3.05, 3.63) is 79.1 Å². The molecule has 0 aliphatic rings. The maximum absolute atomic E-state index is 12.7. The molecule has 3 heterocycles. The van der Waals surface area contributed by atoms with Crippen LogP contribution in [-0.2, 0) is 0 Å². The fourth-order valence-electron chi connectivity index (χ4n) is 3.84. The lowest BCUT2D eigenvalue weighted by molar-refractivity contribution is 1.07. The Labute approximate surface area is 163 Å². The molecule has 0 aliphatic carbocycles. The molecular weight excluding hydrogens is 370 g/mol. The van der Waals surface area contributed by atoms with Gasteiger partial charge in [0.2, 0.25) is 0 Å². The van der Waals surface area contributed by atoms with Crippen LogP contribution >= 0.6 is 11.3 Å².